The van der Waals surface area contributed by atoms with Crippen molar-refractivity contribution >= 4 is 8.32 Å². The van der Waals surface area contributed by atoms with Crippen LogP contribution in [0.5, 0.6) is 0 Å². The Morgan fingerprint density at radius 3 is 2.19 bits per heavy atom. The topological polar surface area (TPSA) is 58.9 Å². The number of ether oxygens (including phenoxy) is 1. The van der Waals surface area contributed by atoms with E-state index in [4.69, 9.17) is 9.16 Å². The largest absolute Gasteiger partial charge is 0.414 e. The smallest absolute Gasteiger partial charge is 0.192 e. The highest BCUT2D eigenvalue weighted by atomic mass is 28.4. The van der Waals surface area contributed by atoms with Gasteiger partial charge in [-0.1, -0.05) is 20.8 Å². The molecule has 1 aliphatic rings. The number of hydrogen-bond donors (Lipinski definition) is 2. The Bertz CT molecular complexity index is 356. The molecule has 1 saturated heterocycles. The van der Waals surface area contributed by atoms with Gasteiger partial charge in [-0.15, -0.1) is 0 Å². The lowest BCUT2D eigenvalue weighted by Crippen LogP contribution is -2.49. The molecule has 0 amide bonds. The summed E-state index contributed by atoms with van der Waals surface area (Å²) in [6.07, 6.45) is 0.602. The van der Waals surface area contributed by atoms with Crippen LogP contribution in [0.4, 0.5) is 0 Å². The zero-order chi connectivity index (χ0) is 16.7. The summed E-state index contributed by atoms with van der Waals surface area (Å²) in [6, 6.07) is 0. The summed E-state index contributed by atoms with van der Waals surface area (Å²) in [5.41, 5.74) is -1.51. The summed E-state index contributed by atoms with van der Waals surface area (Å²) in [5, 5.41) is 20.7. The molecule has 21 heavy (non-hydrogen) atoms. The Kier molecular flexibility index (Phi) is 5.39. The van der Waals surface area contributed by atoms with Gasteiger partial charge in [0.15, 0.2) is 8.32 Å². The molecule has 1 heterocycles. The van der Waals surface area contributed by atoms with Gasteiger partial charge in [0, 0.05) is 0 Å². The van der Waals surface area contributed by atoms with Gasteiger partial charge in [-0.25, -0.2) is 0 Å². The van der Waals surface area contributed by atoms with E-state index in [1.165, 1.54) is 0 Å². The zero-order valence-corrected chi connectivity index (χ0v) is 16.0. The molecule has 3 atom stereocenters. The average Bonchev–Trinajstić information content (AvgIpc) is 2.68. The van der Waals surface area contributed by atoms with E-state index in [2.05, 4.69) is 33.9 Å². The highest BCUT2D eigenvalue weighted by Crippen LogP contribution is 2.40. The van der Waals surface area contributed by atoms with Crippen molar-refractivity contribution in [2.45, 2.75) is 95.9 Å². The molecule has 126 valence electrons. The first-order valence-electron chi connectivity index (χ1n) is 7.91. The Balaban J connectivity index is 2.63. The fourth-order valence-corrected chi connectivity index (χ4v) is 3.29. The van der Waals surface area contributed by atoms with Crippen molar-refractivity contribution in [1.29, 1.82) is 0 Å². The van der Waals surface area contributed by atoms with Gasteiger partial charge in [0.25, 0.3) is 0 Å². The van der Waals surface area contributed by atoms with Crippen molar-refractivity contribution in [3.8, 4) is 0 Å². The van der Waals surface area contributed by atoms with Crippen molar-refractivity contribution < 1.29 is 19.4 Å². The molecule has 0 saturated carbocycles. The maximum absolute atomic E-state index is 10.5. The van der Waals surface area contributed by atoms with Crippen LogP contribution in [-0.2, 0) is 9.16 Å². The van der Waals surface area contributed by atoms with Crippen molar-refractivity contribution in [3.05, 3.63) is 0 Å². The fraction of sp³-hybridized carbons (Fsp3) is 1.00. The monoisotopic (exact) mass is 318 g/mol. The lowest BCUT2D eigenvalue weighted by atomic mass is 9.94. The summed E-state index contributed by atoms with van der Waals surface area (Å²) in [7, 11) is -1.87. The summed E-state index contributed by atoms with van der Waals surface area (Å²) in [5.74, 6) is 0. The van der Waals surface area contributed by atoms with Crippen LogP contribution >= 0.6 is 0 Å². The second-order valence-corrected chi connectivity index (χ2v) is 13.5. The summed E-state index contributed by atoms with van der Waals surface area (Å²) in [4.78, 5) is 0. The molecule has 1 rings (SSSR count). The van der Waals surface area contributed by atoms with Gasteiger partial charge >= 0.3 is 0 Å². The molecule has 1 fully saturated rings. The third-order valence-corrected chi connectivity index (χ3v) is 9.72. The Hall–Kier alpha value is 0.0569. The third kappa shape index (κ3) is 4.52. The quantitative estimate of drug-likeness (QED) is 0.765. The first kappa shape index (κ1) is 19.1. The average molecular weight is 319 g/mol. The predicted molar refractivity (Wildman–Crippen MR) is 88.0 cm³/mol. The normalized spacial score (nSPS) is 29.7. The first-order chi connectivity index (χ1) is 9.19. The van der Waals surface area contributed by atoms with E-state index < -0.39 is 25.6 Å². The number of hydrogen-bond acceptors (Lipinski definition) is 4. The molecule has 2 N–H and O–H groups in total. The molecule has 0 aromatic rings. The van der Waals surface area contributed by atoms with Crippen molar-refractivity contribution in [2.24, 2.45) is 0 Å². The molecular formula is C16H34O4Si. The SMILES string of the molecule is CC(C)(O)[C@H]1CC[C@@](C)([C@@H](O)CO[Si](C)(C)C(C)(C)C)O1. The van der Waals surface area contributed by atoms with E-state index in [0.717, 1.165) is 12.8 Å². The van der Waals surface area contributed by atoms with E-state index in [-0.39, 0.29) is 11.1 Å². The van der Waals surface area contributed by atoms with Crippen molar-refractivity contribution in [2.75, 3.05) is 6.61 Å². The number of rotatable bonds is 5. The number of aliphatic hydroxyl groups is 2. The van der Waals surface area contributed by atoms with Gasteiger partial charge in [0.1, 0.15) is 6.10 Å². The van der Waals surface area contributed by atoms with E-state index in [9.17, 15) is 10.2 Å². The molecule has 0 unspecified atom stereocenters. The zero-order valence-electron chi connectivity index (χ0n) is 15.0. The molecule has 5 heteroatoms. The molecular weight excluding hydrogens is 284 g/mol. The first-order valence-corrected chi connectivity index (χ1v) is 10.8. The van der Waals surface area contributed by atoms with Crippen LogP contribution in [0, 0.1) is 0 Å². The van der Waals surface area contributed by atoms with Crippen LogP contribution in [0.2, 0.25) is 18.1 Å². The summed E-state index contributed by atoms with van der Waals surface area (Å²) >= 11 is 0. The van der Waals surface area contributed by atoms with E-state index in [1.54, 1.807) is 13.8 Å². The molecule has 0 spiro atoms. The fourth-order valence-electron chi connectivity index (χ4n) is 2.28. The minimum atomic E-state index is -1.87. The van der Waals surface area contributed by atoms with Crippen LogP contribution in [0.1, 0.15) is 54.4 Å². The second kappa shape index (κ2) is 5.93. The third-order valence-electron chi connectivity index (χ3n) is 5.22. The minimum Gasteiger partial charge on any atom is -0.414 e. The minimum absolute atomic E-state index is 0.125. The Morgan fingerprint density at radius 2 is 1.81 bits per heavy atom. The van der Waals surface area contributed by atoms with Crippen LogP contribution in [0.15, 0.2) is 0 Å². The molecule has 0 aliphatic carbocycles. The van der Waals surface area contributed by atoms with Gasteiger partial charge in [0.05, 0.1) is 23.9 Å². The van der Waals surface area contributed by atoms with Crippen LogP contribution in [-0.4, -0.2) is 48.5 Å². The molecule has 0 aromatic heterocycles. The summed E-state index contributed by atoms with van der Waals surface area (Å²) < 4.78 is 12.1. The molecule has 1 aliphatic heterocycles. The second-order valence-electron chi connectivity index (χ2n) is 8.70. The molecule has 0 radical (unpaired) electrons. The van der Waals surface area contributed by atoms with E-state index in [1.807, 2.05) is 6.92 Å². The van der Waals surface area contributed by atoms with Gasteiger partial charge in [-0.3, -0.25) is 0 Å². The van der Waals surface area contributed by atoms with Gasteiger partial charge in [-0.2, -0.15) is 0 Å². The van der Waals surface area contributed by atoms with Crippen LogP contribution < -0.4 is 0 Å². The van der Waals surface area contributed by atoms with Gasteiger partial charge in [-0.05, 0) is 51.7 Å². The maximum atomic E-state index is 10.5. The predicted octanol–water partition coefficient (Wildman–Crippen LogP) is 3.08. The Labute approximate surface area is 131 Å². The highest BCUT2D eigenvalue weighted by molar-refractivity contribution is 6.74. The highest BCUT2D eigenvalue weighted by Gasteiger charge is 2.47. The molecule has 0 bridgehead atoms. The maximum Gasteiger partial charge on any atom is 0.192 e. The Morgan fingerprint density at radius 1 is 1.29 bits per heavy atom. The van der Waals surface area contributed by atoms with Gasteiger partial charge in [0.2, 0.25) is 0 Å². The molecule has 4 nitrogen and oxygen atoms in total. The van der Waals surface area contributed by atoms with Crippen LogP contribution in [0.25, 0.3) is 0 Å². The lowest BCUT2D eigenvalue weighted by Gasteiger charge is -2.39. The lowest BCUT2D eigenvalue weighted by molar-refractivity contribution is -0.159. The summed E-state index contributed by atoms with van der Waals surface area (Å²) in [6.45, 7) is 16.6. The van der Waals surface area contributed by atoms with Crippen molar-refractivity contribution in [3.63, 3.8) is 0 Å². The molecule has 0 aromatic carbocycles. The van der Waals surface area contributed by atoms with Crippen molar-refractivity contribution in [1.82, 2.24) is 0 Å². The van der Waals surface area contributed by atoms with E-state index >= 15 is 0 Å². The number of aliphatic hydroxyl groups excluding tert-OH is 1. The van der Waals surface area contributed by atoms with Gasteiger partial charge < -0.3 is 19.4 Å². The standard InChI is InChI=1S/C16H34O4Si/c1-14(2,3)21(7,8)19-11-12(17)16(6)10-9-13(20-16)15(4,5)18/h12-13,17-18H,9-11H2,1-8H3/t12-,13+,16-/m0/s1. The van der Waals surface area contributed by atoms with Crippen LogP contribution in [0.3, 0.4) is 0 Å². The van der Waals surface area contributed by atoms with E-state index in [0.29, 0.717) is 6.61 Å².